The summed E-state index contributed by atoms with van der Waals surface area (Å²) >= 11 is 0. The normalized spacial score (nSPS) is 22.2. The first-order chi connectivity index (χ1) is 9.36. The van der Waals surface area contributed by atoms with E-state index >= 15 is 0 Å². The van der Waals surface area contributed by atoms with Gasteiger partial charge in [0.05, 0.1) is 0 Å². The molecule has 19 heavy (non-hydrogen) atoms. The lowest BCUT2D eigenvalue weighted by Crippen LogP contribution is -2.33. The van der Waals surface area contributed by atoms with Gasteiger partial charge in [-0.1, -0.05) is 31.2 Å². The average molecular weight is 261 g/mol. The number of rotatable bonds is 7. The molecule has 1 aromatic rings. The van der Waals surface area contributed by atoms with Crippen LogP contribution < -0.4 is 5.32 Å². The highest BCUT2D eigenvalue weighted by Gasteiger charge is 2.28. The van der Waals surface area contributed by atoms with E-state index in [1.54, 1.807) is 12.7 Å². The van der Waals surface area contributed by atoms with Crippen molar-refractivity contribution in [3.63, 3.8) is 0 Å². The monoisotopic (exact) mass is 261 g/mol. The number of ether oxygens (including phenoxy) is 1. The Balaban J connectivity index is 2.07. The Labute approximate surface area is 117 Å². The molecule has 1 aliphatic rings. The lowest BCUT2D eigenvalue weighted by atomic mass is 9.77. The van der Waals surface area contributed by atoms with Crippen molar-refractivity contribution in [3.05, 3.63) is 35.4 Å². The van der Waals surface area contributed by atoms with Crippen LogP contribution in [0.3, 0.4) is 0 Å². The van der Waals surface area contributed by atoms with Crippen molar-refractivity contribution in [2.45, 2.75) is 45.1 Å². The third-order valence-electron chi connectivity index (χ3n) is 4.18. The molecule has 0 saturated heterocycles. The van der Waals surface area contributed by atoms with Crippen LogP contribution in [-0.4, -0.2) is 20.3 Å². The second-order valence-corrected chi connectivity index (χ2v) is 5.56. The third-order valence-corrected chi connectivity index (χ3v) is 4.18. The van der Waals surface area contributed by atoms with E-state index in [-0.39, 0.29) is 0 Å². The van der Waals surface area contributed by atoms with E-state index in [2.05, 4.69) is 36.5 Å². The smallest absolute Gasteiger partial charge is 0.0462 e. The second kappa shape index (κ2) is 7.66. The van der Waals surface area contributed by atoms with Crippen molar-refractivity contribution >= 4 is 0 Å². The summed E-state index contributed by atoms with van der Waals surface area (Å²) in [6, 6.07) is 9.49. The topological polar surface area (TPSA) is 21.3 Å². The standard InChI is InChI=1S/C17H27NO/c1-3-12-18-17-15(8-6-13-19-2)11-10-14-7-4-5-9-16(14)17/h4-5,7,9,15,17-18H,3,6,8,10-13H2,1-2H3. The molecular weight excluding hydrogens is 234 g/mol. The van der Waals surface area contributed by atoms with Crippen LogP contribution in [0.5, 0.6) is 0 Å². The van der Waals surface area contributed by atoms with Crippen molar-refractivity contribution in [2.24, 2.45) is 5.92 Å². The highest BCUT2D eigenvalue weighted by Crippen LogP contribution is 2.36. The molecule has 0 heterocycles. The van der Waals surface area contributed by atoms with Gasteiger partial charge in [-0.3, -0.25) is 0 Å². The SMILES string of the molecule is CCCNC1c2ccccc2CCC1CCCOC. The number of hydrogen-bond donors (Lipinski definition) is 1. The summed E-state index contributed by atoms with van der Waals surface area (Å²) in [5, 5.41) is 3.76. The van der Waals surface area contributed by atoms with Crippen LogP contribution in [0.2, 0.25) is 0 Å². The van der Waals surface area contributed by atoms with E-state index in [9.17, 15) is 0 Å². The lowest BCUT2D eigenvalue weighted by molar-refractivity contribution is 0.178. The minimum absolute atomic E-state index is 0.543. The number of fused-ring (bicyclic) bond motifs is 1. The Hall–Kier alpha value is -0.860. The summed E-state index contributed by atoms with van der Waals surface area (Å²) in [6.45, 7) is 4.24. The Kier molecular flexibility index (Phi) is 5.87. The highest BCUT2D eigenvalue weighted by molar-refractivity contribution is 5.33. The van der Waals surface area contributed by atoms with Gasteiger partial charge >= 0.3 is 0 Å². The van der Waals surface area contributed by atoms with Gasteiger partial charge in [0.15, 0.2) is 0 Å². The lowest BCUT2D eigenvalue weighted by Gasteiger charge is -2.34. The van der Waals surface area contributed by atoms with Crippen LogP contribution in [-0.2, 0) is 11.2 Å². The van der Waals surface area contributed by atoms with Crippen molar-refractivity contribution in [1.29, 1.82) is 0 Å². The maximum absolute atomic E-state index is 5.20. The van der Waals surface area contributed by atoms with Gasteiger partial charge in [-0.05, 0) is 55.7 Å². The second-order valence-electron chi connectivity index (χ2n) is 5.56. The fourth-order valence-corrected chi connectivity index (χ4v) is 3.20. The molecule has 0 saturated carbocycles. The highest BCUT2D eigenvalue weighted by atomic mass is 16.5. The van der Waals surface area contributed by atoms with Gasteiger partial charge in [-0.25, -0.2) is 0 Å². The van der Waals surface area contributed by atoms with E-state index < -0.39 is 0 Å². The van der Waals surface area contributed by atoms with Crippen LogP contribution in [0, 0.1) is 5.92 Å². The summed E-state index contributed by atoms with van der Waals surface area (Å²) in [4.78, 5) is 0. The minimum Gasteiger partial charge on any atom is -0.385 e. The predicted molar refractivity (Wildman–Crippen MR) is 80.4 cm³/mol. The molecule has 0 fully saturated rings. The minimum atomic E-state index is 0.543. The molecule has 2 rings (SSSR count). The summed E-state index contributed by atoms with van der Waals surface area (Å²) < 4.78 is 5.20. The fraction of sp³-hybridized carbons (Fsp3) is 0.647. The van der Waals surface area contributed by atoms with E-state index in [1.807, 2.05) is 0 Å². The summed E-state index contributed by atoms with van der Waals surface area (Å²) in [7, 11) is 1.79. The molecule has 0 bridgehead atoms. The van der Waals surface area contributed by atoms with E-state index in [0.29, 0.717) is 6.04 Å². The number of benzene rings is 1. The van der Waals surface area contributed by atoms with E-state index in [0.717, 1.165) is 19.1 Å². The van der Waals surface area contributed by atoms with Gasteiger partial charge in [0.1, 0.15) is 0 Å². The van der Waals surface area contributed by atoms with E-state index in [4.69, 9.17) is 4.74 Å². The Morgan fingerprint density at radius 2 is 2.16 bits per heavy atom. The van der Waals surface area contributed by atoms with Gasteiger partial charge < -0.3 is 10.1 Å². The van der Waals surface area contributed by atoms with E-state index in [1.165, 1.54) is 37.7 Å². The first-order valence-corrected chi connectivity index (χ1v) is 7.67. The van der Waals surface area contributed by atoms with Crippen LogP contribution >= 0.6 is 0 Å². The molecule has 0 amide bonds. The van der Waals surface area contributed by atoms with Crippen molar-refractivity contribution in [2.75, 3.05) is 20.3 Å². The van der Waals surface area contributed by atoms with Crippen LogP contribution in [0.4, 0.5) is 0 Å². The number of methoxy groups -OCH3 is 1. The molecule has 2 unspecified atom stereocenters. The van der Waals surface area contributed by atoms with Crippen LogP contribution in [0.1, 0.15) is 49.8 Å². The van der Waals surface area contributed by atoms with Gasteiger partial charge in [0.2, 0.25) is 0 Å². The zero-order valence-electron chi connectivity index (χ0n) is 12.3. The maximum Gasteiger partial charge on any atom is 0.0462 e. The molecule has 2 atom stereocenters. The first kappa shape index (κ1) is 14.5. The van der Waals surface area contributed by atoms with Gasteiger partial charge in [0, 0.05) is 19.8 Å². The molecule has 106 valence electrons. The molecule has 1 aromatic carbocycles. The molecule has 1 N–H and O–H groups in total. The van der Waals surface area contributed by atoms with Gasteiger partial charge in [0.25, 0.3) is 0 Å². The molecule has 1 aliphatic carbocycles. The Bertz CT molecular complexity index is 377. The van der Waals surface area contributed by atoms with Gasteiger partial charge in [-0.2, -0.15) is 0 Å². The van der Waals surface area contributed by atoms with Crippen molar-refractivity contribution in [1.82, 2.24) is 5.32 Å². The Morgan fingerprint density at radius 3 is 2.95 bits per heavy atom. The van der Waals surface area contributed by atoms with Gasteiger partial charge in [-0.15, -0.1) is 0 Å². The zero-order chi connectivity index (χ0) is 13.5. The van der Waals surface area contributed by atoms with Crippen LogP contribution in [0.25, 0.3) is 0 Å². The molecule has 0 aliphatic heterocycles. The molecule has 0 spiro atoms. The molecule has 0 radical (unpaired) electrons. The van der Waals surface area contributed by atoms with Crippen LogP contribution in [0.15, 0.2) is 24.3 Å². The number of aryl methyl sites for hydroxylation is 1. The Morgan fingerprint density at radius 1 is 1.32 bits per heavy atom. The molecule has 0 aromatic heterocycles. The van der Waals surface area contributed by atoms with Crippen molar-refractivity contribution < 1.29 is 4.74 Å². The molecule has 2 heteroatoms. The maximum atomic E-state index is 5.20. The van der Waals surface area contributed by atoms with Crippen molar-refractivity contribution in [3.8, 4) is 0 Å². The fourth-order valence-electron chi connectivity index (χ4n) is 3.20. The largest absolute Gasteiger partial charge is 0.385 e. The number of nitrogens with one attached hydrogen (secondary N) is 1. The molecular formula is C17H27NO. The molecule has 2 nitrogen and oxygen atoms in total. The average Bonchev–Trinajstić information content (AvgIpc) is 2.46. The number of hydrogen-bond acceptors (Lipinski definition) is 2. The first-order valence-electron chi connectivity index (χ1n) is 7.67. The third kappa shape index (κ3) is 3.80. The zero-order valence-corrected chi connectivity index (χ0v) is 12.3. The summed E-state index contributed by atoms with van der Waals surface area (Å²) in [6.07, 6.45) is 6.18. The summed E-state index contributed by atoms with van der Waals surface area (Å²) in [5.41, 5.74) is 3.07. The quantitative estimate of drug-likeness (QED) is 0.755. The predicted octanol–water partition coefficient (Wildman–Crippen LogP) is 3.72. The summed E-state index contributed by atoms with van der Waals surface area (Å²) in [5.74, 6) is 0.761.